The van der Waals surface area contributed by atoms with Crippen LogP contribution in [0.3, 0.4) is 0 Å². The lowest BCUT2D eigenvalue weighted by Crippen LogP contribution is -2.35. The van der Waals surface area contributed by atoms with Crippen molar-refractivity contribution in [2.45, 2.75) is 18.9 Å². The van der Waals surface area contributed by atoms with E-state index >= 15 is 0 Å². The number of hydrogen-bond donors (Lipinski definition) is 1. The number of likely N-dealkylation sites (tertiary alicyclic amines) is 1. The van der Waals surface area contributed by atoms with Crippen LogP contribution in [0.25, 0.3) is 0 Å². The molecule has 4 nitrogen and oxygen atoms in total. The van der Waals surface area contributed by atoms with Gasteiger partial charge in [-0.15, -0.1) is 0 Å². The molecular formula is C12H13NO3. The second-order valence-corrected chi connectivity index (χ2v) is 3.77. The van der Waals surface area contributed by atoms with Gasteiger partial charge in [0.2, 0.25) is 11.8 Å². The fraction of sp³-hybridized carbons (Fsp3) is 0.333. The Labute approximate surface area is 93.5 Å². The van der Waals surface area contributed by atoms with Crippen molar-refractivity contribution in [3.8, 4) is 0 Å². The third kappa shape index (κ3) is 1.84. The number of aliphatic hydroxyl groups excluding tert-OH is 1. The largest absolute Gasteiger partial charge is 0.394 e. The zero-order valence-electron chi connectivity index (χ0n) is 8.80. The quantitative estimate of drug-likeness (QED) is 0.767. The first-order valence-electron chi connectivity index (χ1n) is 5.24. The SMILES string of the molecule is O=C1CCC(=O)N1[C@H](CO)c1ccccc1. The highest BCUT2D eigenvalue weighted by molar-refractivity contribution is 6.02. The Morgan fingerprint density at radius 2 is 1.69 bits per heavy atom. The zero-order chi connectivity index (χ0) is 11.5. The molecule has 0 aliphatic carbocycles. The molecule has 1 fully saturated rings. The van der Waals surface area contributed by atoms with Gasteiger partial charge in [0.1, 0.15) is 0 Å². The standard InChI is InChI=1S/C12H13NO3/c14-8-10(9-4-2-1-3-5-9)13-11(15)6-7-12(13)16/h1-5,10,14H,6-8H2/t10-/m1/s1. The van der Waals surface area contributed by atoms with Crippen LogP contribution in [0.4, 0.5) is 0 Å². The molecule has 1 atom stereocenters. The second kappa shape index (κ2) is 4.45. The van der Waals surface area contributed by atoms with Gasteiger partial charge in [0.15, 0.2) is 0 Å². The molecule has 1 aliphatic rings. The number of aliphatic hydroxyl groups is 1. The molecule has 1 aromatic rings. The van der Waals surface area contributed by atoms with Crippen LogP contribution in [0.15, 0.2) is 30.3 Å². The number of carbonyl (C=O) groups excluding carboxylic acids is 2. The minimum absolute atomic E-state index is 0.201. The van der Waals surface area contributed by atoms with Crippen LogP contribution in [0.1, 0.15) is 24.4 Å². The Kier molecular flexibility index (Phi) is 3.01. The molecule has 16 heavy (non-hydrogen) atoms. The first kappa shape index (κ1) is 10.8. The number of imide groups is 1. The lowest BCUT2D eigenvalue weighted by molar-refractivity contribution is -0.142. The third-order valence-corrected chi connectivity index (χ3v) is 2.76. The van der Waals surface area contributed by atoms with Gasteiger partial charge in [-0.05, 0) is 5.56 Å². The average molecular weight is 219 g/mol. The number of rotatable bonds is 3. The van der Waals surface area contributed by atoms with Crippen LogP contribution in [0.2, 0.25) is 0 Å². The molecule has 0 saturated carbocycles. The molecule has 0 bridgehead atoms. The molecule has 2 rings (SSSR count). The molecule has 1 aliphatic heterocycles. The van der Waals surface area contributed by atoms with Gasteiger partial charge >= 0.3 is 0 Å². The number of carbonyl (C=O) groups is 2. The van der Waals surface area contributed by atoms with E-state index in [1.165, 1.54) is 4.90 Å². The van der Waals surface area contributed by atoms with E-state index in [0.717, 1.165) is 5.56 Å². The van der Waals surface area contributed by atoms with Crippen LogP contribution in [-0.4, -0.2) is 28.4 Å². The maximum absolute atomic E-state index is 11.6. The van der Waals surface area contributed by atoms with E-state index in [4.69, 9.17) is 0 Å². The second-order valence-electron chi connectivity index (χ2n) is 3.77. The molecule has 1 heterocycles. The van der Waals surface area contributed by atoms with E-state index in [0.29, 0.717) is 0 Å². The van der Waals surface area contributed by atoms with Crippen molar-refractivity contribution in [2.75, 3.05) is 6.61 Å². The summed E-state index contributed by atoms with van der Waals surface area (Å²) < 4.78 is 0. The number of amides is 2. The fourth-order valence-corrected chi connectivity index (χ4v) is 1.95. The van der Waals surface area contributed by atoms with E-state index in [9.17, 15) is 14.7 Å². The van der Waals surface area contributed by atoms with Crippen molar-refractivity contribution in [2.24, 2.45) is 0 Å². The summed E-state index contributed by atoms with van der Waals surface area (Å²) in [6, 6.07) is 8.57. The van der Waals surface area contributed by atoms with Crippen LogP contribution >= 0.6 is 0 Å². The van der Waals surface area contributed by atoms with Gasteiger partial charge in [-0.1, -0.05) is 30.3 Å². The van der Waals surface area contributed by atoms with E-state index in [-0.39, 0.29) is 31.3 Å². The summed E-state index contributed by atoms with van der Waals surface area (Å²) in [7, 11) is 0. The van der Waals surface area contributed by atoms with Gasteiger partial charge in [0.05, 0.1) is 12.6 Å². The predicted molar refractivity (Wildman–Crippen MR) is 57.4 cm³/mol. The summed E-state index contributed by atoms with van der Waals surface area (Å²) in [6.45, 7) is -0.235. The average Bonchev–Trinajstić information content (AvgIpc) is 2.63. The van der Waals surface area contributed by atoms with Gasteiger partial charge in [0, 0.05) is 12.8 Å². The minimum atomic E-state index is -0.538. The Morgan fingerprint density at radius 3 is 2.19 bits per heavy atom. The summed E-state index contributed by atoms with van der Waals surface area (Å²) in [5.74, 6) is -0.402. The summed E-state index contributed by atoms with van der Waals surface area (Å²) in [5, 5.41) is 9.33. The predicted octanol–water partition coefficient (Wildman–Crippen LogP) is 0.869. The maximum atomic E-state index is 11.6. The van der Waals surface area contributed by atoms with Gasteiger partial charge in [-0.3, -0.25) is 14.5 Å². The highest BCUT2D eigenvalue weighted by atomic mass is 16.3. The summed E-state index contributed by atoms with van der Waals surface area (Å²) in [6.07, 6.45) is 0.504. The van der Waals surface area contributed by atoms with Gasteiger partial charge < -0.3 is 5.11 Å². The Hall–Kier alpha value is -1.68. The molecule has 1 aromatic carbocycles. The van der Waals surface area contributed by atoms with E-state index in [1.807, 2.05) is 18.2 Å². The molecule has 0 aromatic heterocycles. The Balaban J connectivity index is 2.29. The van der Waals surface area contributed by atoms with Crippen LogP contribution in [0.5, 0.6) is 0 Å². The summed E-state index contributed by atoms with van der Waals surface area (Å²) >= 11 is 0. The summed E-state index contributed by atoms with van der Waals surface area (Å²) in [4.78, 5) is 24.3. The molecule has 1 saturated heterocycles. The minimum Gasteiger partial charge on any atom is -0.394 e. The van der Waals surface area contributed by atoms with Crippen LogP contribution < -0.4 is 0 Å². The first-order valence-corrected chi connectivity index (χ1v) is 5.24. The van der Waals surface area contributed by atoms with Crippen molar-refractivity contribution in [1.82, 2.24) is 4.90 Å². The number of nitrogens with zero attached hydrogens (tertiary/aromatic N) is 1. The van der Waals surface area contributed by atoms with Crippen molar-refractivity contribution >= 4 is 11.8 Å². The molecule has 1 N–H and O–H groups in total. The van der Waals surface area contributed by atoms with Gasteiger partial charge in [-0.2, -0.15) is 0 Å². The lowest BCUT2D eigenvalue weighted by atomic mass is 10.1. The van der Waals surface area contributed by atoms with Gasteiger partial charge in [-0.25, -0.2) is 0 Å². The first-order chi connectivity index (χ1) is 7.74. The summed E-state index contributed by atoms with van der Waals surface area (Å²) in [5.41, 5.74) is 0.786. The third-order valence-electron chi connectivity index (χ3n) is 2.76. The topological polar surface area (TPSA) is 57.6 Å². The molecule has 2 amide bonds. The van der Waals surface area contributed by atoms with Crippen LogP contribution in [0, 0.1) is 0 Å². The number of benzene rings is 1. The van der Waals surface area contributed by atoms with E-state index in [1.54, 1.807) is 12.1 Å². The fourth-order valence-electron chi connectivity index (χ4n) is 1.95. The Morgan fingerprint density at radius 1 is 1.12 bits per heavy atom. The number of hydrogen-bond acceptors (Lipinski definition) is 3. The van der Waals surface area contributed by atoms with Crippen molar-refractivity contribution < 1.29 is 14.7 Å². The van der Waals surface area contributed by atoms with Crippen molar-refractivity contribution in [3.63, 3.8) is 0 Å². The molecule has 4 heteroatoms. The highest BCUT2D eigenvalue weighted by Gasteiger charge is 2.35. The lowest BCUT2D eigenvalue weighted by Gasteiger charge is -2.24. The van der Waals surface area contributed by atoms with Crippen molar-refractivity contribution in [1.29, 1.82) is 0 Å². The smallest absolute Gasteiger partial charge is 0.230 e. The zero-order valence-corrected chi connectivity index (χ0v) is 8.80. The Bertz CT molecular complexity index is 386. The monoisotopic (exact) mass is 219 g/mol. The molecule has 0 unspecified atom stereocenters. The maximum Gasteiger partial charge on any atom is 0.230 e. The molecular weight excluding hydrogens is 206 g/mol. The highest BCUT2D eigenvalue weighted by Crippen LogP contribution is 2.26. The van der Waals surface area contributed by atoms with E-state index in [2.05, 4.69) is 0 Å². The van der Waals surface area contributed by atoms with Crippen molar-refractivity contribution in [3.05, 3.63) is 35.9 Å². The molecule has 84 valence electrons. The van der Waals surface area contributed by atoms with Gasteiger partial charge in [0.25, 0.3) is 0 Å². The van der Waals surface area contributed by atoms with Crippen LogP contribution in [-0.2, 0) is 9.59 Å². The molecule has 0 spiro atoms. The van der Waals surface area contributed by atoms with E-state index < -0.39 is 6.04 Å². The normalized spacial score (nSPS) is 17.9. The molecule has 0 radical (unpaired) electrons.